The Balaban J connectivity index is 1.45. The van der Waals surface area contributed by atoms with Crippen LogP contribution in [0.25, 0.3) is 0 Å². The quantitative estimate of drug-likeness (QED) is 0.264. The average Bonchev–Trinajstić information content (AvgIpc) is 3.39. The maximum Gasteiger partial charge on any atom is 0.320 e. The van der Waals surface area contributed by atoms with Crippen LogP contribution >= 0.6 is 0 Å². The molecule has 3 aliphatic heterocycles. The van der Waals surface area contributed by atoms with E-state index in [1.165, 1.54) is 57.8 Å². The van der Waals surface area contributed by atoms with E-state index < -0.39 is 12.1 Å². The molecule has 0 spiro atoms. The molecule has 7 heteroatoms. The molecule has 0 aromatic rings. The van der Waals surface area contributed by atoms with Gasteiger partial charge >= 0.3 is 6.03 Å². The van der Waals surface area contributed by atoms with Crippen molar-refractivity contribution in [2.45, 2.75) is 141 Å². The zero-order chi connectivity index (χ0) is 24.6. The molecular formula is C27H50N2O5. The summed E-state index contributed by atoms with van der Waals surface area (Å²) >= 11 is 0. The number of urea groups is 1. The predicted molar refractivity (Wildman–Crippen MR) is 134 cm³/mol. The van der Waals surface area contributed by atoms with E-state index in [-0.39, 0.29) is 30.4 Å². The molecule has 0 saturated carbocycles. The minimum Gasteiger partial charge on any atom is -0.350 e. The second-order valence-corrected chi connectivity index (χ2v) is 10.9. The van der Waals surface area contributed by atoms with Crippen LogP contribution in [-0.2, 0) is 18.9 Å². The smallest absolute Gasteiger partial charge is 0.320 e. The molecule has 3 fully saturated rings. The fourth-order valence-electron chi connectivity index (χ4n) is 5.51. The first-order valence-corrected chi connectivity index (χ1v) is 14.0. The minimum absolute atomic E-state index is 0.0417. The molecule has 3 saturated heterocycles. The zero-order valence-corrected chi connectivity index (χ0v) is 22.4. The number of rotatable bonds is 16. The zero-order valence-electron chi connectivity index (χ0n) is 22.4. The summed E-state index contributed by atoms with van der Waals surface area (Å²) in [6.07, 6.45) is 13.9. The molecule has 34 heavy (non-hydrogen) atoms. The van der Waals surface area contributed by atoms with Gasteiger partial charge in [-0.05, 0) is 26.7 Å². The van der Waals surface area contributed by atoms with Gasteiger partial charge in [0.2, 0.25) is 0 Å². The maximum absolute atomic E-state index is 12.8. The van der Waals surface area contributed by atoms with Gasteiger partial charge in [-0.1, -0.05) is 78.1 Å². The van der Waals surface area contributed by atoms with Crippen LogP contribution in [0, 0.1) is 0 Å². The lowest BCUT2D eigenvalue weighted by atomic mass is 10.0. The van der Waals surface area contributed by atoms with Gasteiger partial charge in [0.05, 0.1) is 6.04 Å². The summed E-state index contributed by atoms with van der Waals surface area (Å²) in [5.41, 5.74) is 0. The van der Waals surface area contributed by atoms with Crippen LogP contribution in [0.2, 0.25) is 0 Å². The Morgan fingerprint density at radius 1 is 0.853 bits per heavy atom. The fraction of sp³-hybridized carbons (Fsp3) is 0.963. The second kappa shape index (κ2) is 13.4. The van der Waals surface area contributed by atoms with E-state index in [0.29, 0.717) is 13.2 Å². The summed E-state index contributed by atoms with van der Waals surface area (Å²) in [6.45, 7) is 10.4. The van der Waals surface area contributed by atoms with Crippen molar-refractivity contribution in [3.05, 3.63) is 0 Å². The number of fused-ring (bicyclic) bond motifs is 1. The Morgan fingerprint density at radius 3 is 2.09 bits per heavy atom. The van der Waals surface area contributed by atoms with Crippen LogP contribution in [0.3, 0.4) is 0 Å². The summed E-state index contributed by atoms with van der Waals surface area (Å²) in [5, 5.41) is 0. The van der Waals surface area contributed by atoms with Crippen molar-refractivity contribution in [2.24, 2.45) is 0 Å². The molecule has 3 rings (SSSR count). The fourth-order valence-corrected chi connectivity index (χ4v) is 5.51. The number of likely N-dealkylation sites (N-methyl/N-ethyl adjacent to an activating group) is 1. The number of hydrogen-bond acceptors (Lipinski definition) is 5. The van der Waals surface area contributed by atoms with E-state index in [1.54, 1.807) is 4.90 Å². The third-order valence-electron chi connectivity index (χ3n) is 7.39. The van der Waals surface area contributed by atoms with Gasteiger partial charge in [-0.15, -0.1) is 0 Å². The maximum atomic E-state index is 12.8. The number of hydrogen-bond donors (Lipinski definition) is 0. The van der Waals surface area contributed by atoms with Crippen LogP contribution in [0.5, 0.6) is 0 Å². The van der Waals surface area contributed by atoms with Crippen molar-refractivity contribution in [2.75, 3.05) is 26.7 Å². The molecule has 198 valence electrons. The lowest BCUT2D eigenvalue weighted by molar-refractivity contribution is -0.238. The highest BCUT2D eigenvalue weighted by Crippen LogP contribution is 2.42. The molecule has 0 aromatic carbocycles. The largest absolute Gasteiger partial charge is 0.350 e. The first kappa shape index (κ1) is 27.7. The van der Waals surface area contributed by atoms with E-state index >= 15 is 0 Å². The van der Waals surface area contributed by atoms with E-state index in [2.05, 4.69) is 13.8 Å². The van der Waals surface area contributed by atoms with Gasteiger partial charge in [0, 0.05) is 26.7 Å². The summed E-state index contributed by atoms with van der Waals surface area (Å²) in [4.78, 5) is 16.5. The molecule has 3 heterocycles. The van der Waals surface area contributed by atoms with Gasteiger partial charge in [-0.2, -0.15) is 0 Å². The van der Waals surface area contributed by atoms with Gasteiger partial charge in [0.1, 0.15) is 18.3 Å². The molecule has 0 aromatic heterocycles. The number of unbranched alkanes of at least 4 members (excludes halogenated alkanes) is 10. The molecule has 0 radical (unpaired) electrons. The van der Waals surface area contributed by atoms with Gasteiger partial charge in [0.15, 0.2) is 12.1 Å². The highest BCUT2D eigenvalue weighted by atomic mass is 16.8. The predicted octanol–water partition coefficient (Wildman–Crippen LogP) is 5.71. The van der Waals surface area contributed by atoms with Gasteiger partial charge in [-0.25, -0.2) is 4.79 Å². The van der Waals surface area contributed by atoms with Crippen LogP contribution in [-0.4, -0.2) is 79.0 Å². The normalized spacial score (nSPS) is 30.5. The molecule has 3 aliphatic rings. The Hall–Kier alpha value is -0.890. The molecule has 0 unspecified atom stereocenters. The second-order valence-electron chi connectivity index (χ2n) is 10.9. The third kappa shape index (κ3) is 7.31. The molecule has 7 nitrogen and oxygen atoms in total. The summed E-state index contributed by atoms with van der Waals surface area (Å²) < 4.78 is 25.1. The van der Waals surface area contributed by atoms with E-state index in [9.17, 15) is 4.79 Å². The van der Waals surface area contributed by atoms with Crippen molar-refractivity contribution in [1.82, 2.24) is 9.80 Å². The van der Waals surface area contributed by atoms with Crippen LogP contribution in [0.15, 0.2) is 0 Å². The number of amides is 2. The topological polar surface area (TPSA) is 60.5 Å². The Bertz CT molecular complexity index is 616. The highest BCUT2D eigenvalue weighted by molar-refractivity contribution is 5.77. The van der Waals surface area contributed by atoms with Crippen molar-refractivity contribution in [3.8, 4) is 0 Å². The van der Waals surface area contributed by atoms with Crippen LogP contribution < -0.4 is 0 Å². The SMILES string of the molecule is CCCCCCCCCCCCO[C@H]1O[C@H]([C@@H]2CN(C)C(=O)N2CCCC)[C@@H]2OC(C)(C)O[C@H]12. The Morgan fingerprint density at radius 2 is 1.44 bits per heavy atom. The average molecular weight is 483 g/mol. The number of ether oxygens (including phenoxy) is 4. The van der Waals surface area contributed by atoms with E-state index in [0.717, 1.165) is 25.8 Å². The lowest BCUT2D eigenvalue weighted by Gasteiger charge is -2.31. The number of nitrogens with zero attached hydrogens (tertiary/aromatic N) is 2. The first-order chi connectivity index (χ1) is 16.4. The third-order valence-corrected chi connectivity index (χ3v) is 7.39. The van der Waals surface area contributed by atoms with E-state index in [1.807, 2.05) is 25.8 Å². The summed E-state index contributed by atoms with van der Waals surface area (Å²) in [7, 11) is 1.86. The number of carbonyl (C=O) groups is 1. The Labute approximate surface area is 207 Å². The van der Waals surface area contributed by atoms with E-state index in [4.69, 9.17) is 18.9 Å². The van der Waals surface area contributed by atoms with Crippen molar-refractivity contribution < 1.29 is 23.7 Å². The molecule has 0 aliphatic carbocycles. The van der Waals surface area contributed by atoms with Gasteiger partial charge < -0.3 is 28.7 Å². The van der Waals surface area contributed by atoms with Crippen LogP contribution in [0.1, 0.15) is 105 Å². The Kier molecular flexibility index (Phi) is 10.9. The molecular weight excluding hydrogens is 432 g/mol. The highest BCUT2D eigenvalue weighted by Gasteiger charge is 2.59. The molecule has 2 amide bonds. The summed E-state index contributed by atoms with van der Waals surface area (Å²) in [5.74, 6) is -0.668. The van der Waals surface area contributed by atoms with Gasteiger partial charge in [-0.3, -0.25) is 0 Å². The van der Waals surface area contributed by atoms with Crippen molar-refractivity contribution in [1.29, 1.82) is 0 Å². The first-order valence-electron chi connectivity index (χ1n) is 14.0. The minimum atomic E-state index is -0.668. The standard InChI is InChI=1S/C27H50N2O5/c1-6-8-10-11-12-13-14-15-16-17-19-31-25-24-23(33-27(3,4)34-24)22(32-25)21-20-28(5)26(30)29(21)18-9-7-2/h21-25H,6-20H2,1-5H3/t21-,22+,23-,24-,25-/m0/s1. The number of carbonyl (C=O) groups excluding carboxylic acids is 1. The van der Waals surface area contributed by atoms with Crippen molar-refractivity contribution in [3.63, 3.8) is 0 Å². The molecule has 0 N–H and O–H groups in total. The lowest BCUT2D eigenvalue weighted by Crippen LogP contribution is -2.48. The van der Waals surface area contributed by atoms with Crippen LogP contribution in [0.4, 0.5) is 4.79 Å². The summed E-state index contributed by atoms with van der Waals surface area (Å²) in [6, 6.07) is 0.0338. The molecule has 5 atom stereocenters. The monoisotopic (exact) mass is 482 g/mol. The van der Waals surface area contributed by atoms with Crippen molar-refractivity contribution >= 4 is 6.03 Å². The molecule has 0 bridgehead atoms. The van der Waals surface area contributed by atoms with Gasteiger partial charge in [0.25, 0.3) is 0 Å².